The fraction of sp³-hybridized carbons (Fsp3) is 0.300. The number of aromatic nitrogens is 3. The molecule has 28 heavy (non-hydrogen) atoms. The minimum absolute atomic E-state index is 0.0218. The Labute approximate surface area is 171 Å². The SMILES string of the molecule is Cc1ncc(NBr)c(C)c1-c1cc2cc(NC(=O)[C@@H]3C[C@H]3C)ncc2c(N)n1. The summed E-state index contributed by atoms with van der Waals surface area (Å²) in [6.45, 7) is 6.02. The molecule has 0 aliphatic heterocycles. The summed E-state index contributed by atoms with van der Waals surface area (Å²) in [6.07, 6.45) is 4.36. The zero-order valence-corrected chi connectivity index (χ0v) is 17.5. The molecule has 3 aromatic heterocycles. The van der Waals surface area contributed by atoms with E-state index in [-0.39, 0.29) is 11.8 Å². The highest BCUT2D eigenvalue weighted by molar-refractivity contribution is 9.10. The molecule has 8 heteroatoms. The number of hydrogen-bond donors (Lipinski definition) is 3. The molecular formula is C20H21BrN6O. The number of pyridine rings is 3. The van der Waals surface area contributed by atoms with Crippen LogP contribution < -0.4 is 15.4 Å². The smallest absolute Gasteiger partial charge is 0.228 e. The summed E-state index contributed by atoms with van der Waals surface area (Å²) < 4.78 is 2.97. The van der Waals surface area contributed by atoms with E-state index in [0.29, 0.717) is 17.6 Å². The molecule has 1 aliphatic carbocycles. The third kappa shape index (κ3) is 3.28. The number of nitrogen functional groups attached to an aromatic ring is 1. The quantitative estimate of drug-likeness (QED) is 0.524. The lowest BCUT2D eigenvalue weighted by Crippen LogP contribution is -2.15. The van der Waals surface area contributed by atoms with Gasteiger partial charge in [0.2, 0.25) is 5.91 Å². The van der Waals surface area contributed by atoms with Crippen LogP contribution in [0.4, 0.5) is 17.3 Å². The van der Waals surface area contributed by atoms with Crippen molar-refractivity contribution in [3.05, 3.63) is 35.8 Å². The van der Waals surface area contributed by atoms with Crippen molar-refractivity contribution in [2.45, 2.75) is 27.2 Å². The number of nitrogens with zero attached hydrogens (tertiary/aromatic N) is 3. The van der Waals surface area contributed by atoms with Crippen LogP contribution in [0.2, 0.25) is 0 Å². The maximum atomic E-state index is 12.2. The van der Waals surface area contributed by atoms with Crippen molar-refractivity contribution in [2.75, 3.05) is 15.4 Å². The second kappa shape index (κ2) is 7.01. The van der Waals surface area contributed by atoms with Gasteiger partial charge in [0.1, 0.15) is 11.6 Å². The third-order valence-corrected chi connectivity index (χ3v) is 5.76. The number of halogens is 1. The number of carbonyl (C=O) groups is 1. The number of nitrogens with one attached hydrogen (secondary N) is 2. The number of carbonyl (C=O) groups excluding carboxylic acids is 1. The van der Waals surface area contributed by atoms with Crippen molar-refractivity contribution in [3.63, 3.8) is 0 Å². The first kappa shape index (κ1) is 18.6. The van der Waals surface area contributed by atoms with E-state index in [1.165, 1.54) is 0 Å². The molecule has 4 N–H and O–H groups in total. The summed E-state index contributed by atoms with van der Waals surface area (Å²) in [4.78, 5) is 25.6. The molecule has 0 spiro atoms. The summed E-state index contributed by atoms with van der Waals surface area (Å²) in [6, 6.07) is 3.80. The number of rotatable bonds is 4. The second-order valence-corrected chi connectivity index (χ2v) is 7.74. The van der Waals surface area contributed by atoms with Gasteiger partial charge in [-0.3, -0.25) is 9.78 Å². The van der Waals surface area contributed by atoms with Gasteiger partial charge in [-0.15, -0.1) is 0 Å². The van der Waals surface area contributed by atoms with Crippen LogP contribution in [0.5, 0.6) is 0 Å². The Morgan fingerprint density at radius 3 is 2.68 bits per heavy atom. The van der Waals surface area contributed by atoms with Crippen molar-refractivity contribution in [2.24, 2.45) is 11.8 Å². The van der Waals surface area contributed by atoms with Crippen molar-refractivity contribution >= 4 is 50.1 Å². The largest absolute Gasteiger partial charge is 0.383 e. The first-order chi connectivity index (χ1) is 13.4. The molecule has 4 rings (SSSR count). The standard InChI is InChI=1S/C20H21BrN6O/c1-9-4-13(9)20(28)26-17-6-12-5-15(25-19(22)14(12)7-24-17)18-10(2)16(27-21)8-23-11(18)3/h5-9,13,27H,4H2,1-3H3,(H2,22,25)(H,24,26,28)/t9-,13-/m1/s1. The molecule has 3 aromatic rings. The van der Waals surface area contributed by atoms with Crippen LogP contribution >= 0.6 is 16.1 Å². The lowest BCUT2D eigenvalue weighted by Gasteiger charge is -2.14. The third-order valence-electron chi connectivity index (χ3n) is 5.33. The highest BCUT2D eigenvalue weighted by Crippen LogP contribution is 2.38. The summed E-state index contributed by atoms with van der Waals surface area (Å²) in [5.74, 6) is 1.47. The molecule has 7 nitrogen and oxygen atoms in total. The molecular weight excluding hydrogens is 420 g/mol. The van der Waals surface area contributed by atoms with Gasteiger partial charge >= 0.3 is 0 Å². The number of fused-ring (bicyclic) bond motifs is 1. The molecule has 1 aliphatic rings. The van der Waals surface area contributed by atoms with E-state index in [0.717, 1.165) is 45.4 Å². The summed E-state index contributed by atoms with van der Waals surface area (Å²) >= 11 is 3.26. The zero-order valence-electron chi connectivity index (χ0n) is 15.9. The van der Waals surface area contributed by atoms with Gasteiger partial charge in [0.25, 0.3) is 0 Å². The first-order valence-corrected chi connectivity index (χ1v) is 9.88. The van der Waals surface area contributed by atoms with Gasteiger partial charge in [0.15, 0.2) is 0 Å². The van der Waals surface area contributed by atoms with Crippen molar-refractivity contribution < 1.29 is 4.79 Å². The van der Waals surface area contributed by atoms with Crippen LogP contribution in [0.1, 0.15) is 24.6 Å². The van der Waals surface area contributed by atoms with Gasteiger partial charge < -0.3 is 15.4 Å². The summed E-state index contributed by atoms with van der Waals surface area (Å²) in [5, 5.41) is 4.52. The molecule has 0 aromatic carbocycles. The Morgan fingerprint density at radius 2 is 2.00 bits per heavy atom. The van der Waals surface area contributed by atoms with Gasteiger partial charge in [-0.05, 0) is 49.3 Å². The van der Waals surface area contributed by atoms with E-state index >= 15 is 0 Å². The van der Waals surface area contributed by atoms with Gasteiger partial charge in [-0.1, -0.05) is 6.92 Å². The summed E-state index contributed by atoms with van der Waals surface area (Å²) in [7, 11) is 0. The maximum absolute atomic E-state index is 12.2. The molecule has 2 atom stereocenters. The van der Waals surface area contributed by atoms with Crippen LogP contribution in [0.3, 0.4) is 0 Å². The Morgan fingerprint density at radius 1 is 1.25 bits per heavy atom. The van der Waals surface area contributed by atoms with Crippen molar-refractivity contribution in [1.82, 2.24) is 15.0 Å². The van der Waals surface area contributed by atoms with E-state index in [1.54, 1.807) is 12.4 Å². The Kier molecular flexibility index (Phi) is 4.66. The molecule has 0 unspecified atom stereocenters. The monoisotopic (exact) mass is 440 g/mol. The van der Waals surface area contributed by atoms with E-state index in [9.17, 15) is 4.79 Å². The number of anilines is 3. The van der Waals surface area contributed by atoms with Crippen LogP contribution in [-0.2, 0) is 4.79 Å². The first-order valence-electron chi connectivity index (χ1n) is 9.09. The van der Waals surface area contributed by atoms with Crippen molar-refractivity contribution in [3.8, 4) is 11.3 Å². The fourth-order valence-electron chi connectivity index (χ4n) is 3.48. The zero-order chi connectivity index (χ0) is 20.0. The normalized spacial score (nSPS) is 18.1. The van der Waals surface area contributed by atoms with E-state index in [2.05, 4.69) is 47.7 Å². The van der Waals surface area contributed by atoms with Gasteiger partial charge in [-0.25, -0.2) is 9.97 Å². The van der Waals surface area contributed by atoms with Crippen LogP contribution in [-0.4, -0.2) is 20.9 Å². The highest BCUT2D eigenvalue weighted by atomic mass is 79.9. The van der Waals surface area contributed by atoms with Gasteiger partial charge in [0, 0.05) is 44.9 Å². The van der Waals surface area contributed by atoms with E-state index < -0.39 is 0 Å². The van der Waals surface area contributed by atoms with Crippen LogP contribution in [0.15, 0.2) is 24.5 Å². The van der Waals surface area contributed by atoms with Gasteiger partial charge in [-0.2, -0.15) is 0 Å². The van der Waals surface area contributed by atoms with E-state index in [4.69, 9.17) is 5.73 Å². The summed E-state index contributed by atoms with van der Waals surface area (Å²) in [5.41, 5.74) is 10.6. The molecule has 1 saturated carbocycles. The lowest BCUT2D eigenvalue weighted by atomic mass is 10.0. The van der Waals surface area contributed by atoms with Crippen molar-refractivity contribution in [1.29, 1.82) is 0 Å². The molecule has 0 bridgehead atoms. The van der Waals surface area contributed by atoms with Crippen LogP contribution in [0.25, 0.3) is 22.0 Å². The average Bonchev–Trinajstić information content (AvgIpc) is 3.39. The fourth-order valence-corrected chi connectivity index (χ4v) is 3.88. The molecule has 3 heterocycles. The number of hydrogen-bond acceptors (Lipinski definition) is 6. The minimum Gasteiger partial charge on any atom is -0.383 e. The molecule has 1 fully saturated rings. The maximum Gasteiger partial charge on any atom is 0.228 e. The number of amides is 1. The minimum atomic E-state index is 0.0218. The van der Waals surface area contributed by atoms with Gasteiger partial charge in [0.05, 0.1) is 17.6 Å². The number of aryl methyl sites for hydroxylation is 1. The molecule has 0 radical (unpaired) electrons. The molecule has 0 saturated heterocycles. The Bertz CT molecular complexity index is 1100. The Hall–Kier alpha value is -2.74. The second-order valence-electron chi connectivity index (χ2n) is 7.34. The van der Waals surface area contributed by atoms with Crippen LogP contribution in [0, 0.1) is 25.7 Å². The lowest BCUT2D eigenvalue weighted by molar-refractivity contribution is -0.117. The highest BCUT2D eigenvalue weighted by Gasteiger charge is 2.39. The van der Waals surface area contributed by atoms with E-state index in [1.807, 2.05) is 26.0 Å². The number of nitrogens with two attached hydrogens (primary N) is 1. The predicted molar refractivity (Wildman–Crippen MR) is 115 cm³/mol. The molecule has 144 valence electrons. The Balaban J connectivity index is 1.78. The predicted octanol–water partition coefficient (Wildman–Crippen LogP) is 4.21. The topological polar surface area (TPSA) is 106 Å². The average molecular weight is 441 g/mol. The molecule has 1 amide bonds.